The van der Waals surface area contributed by atoms with Gasteiger partial charge in [0.15, 0.2) is 0 Å². The molecule has 0 unspecified atom stereocenters. The van der Waals surface area contributed by atoms with Crippen LogP contribution in [0.5, 0.6) is 0 Å². The number of likely N-dealkylation sites (tertiary alicyclic amines) is 1. The lowest BCUT2D eigenvalue weighted by Gasteiger charge is -2.33. The van der Waals surface area contributed by atoms with Crippen LogP contribution in [-0.4, -0.2) is 49.4 Å². The lowest BCUT2D eigenvalue weighted by molar-refractivity contribution is -0.131. The van der Waals surface area contributed by atoms with E-state index in [1.807, 2.05) is 35.2 Å². The molecule has 1 fully saturated rings. The van der Waals surface area contributed by atoms with E-state index < -0.39 is 0 Å². The summed E-state index contributed by atoms with van der Waals surface area (Å²) in [5.74, 6) is 0.539. The monoisotopic (exact) mass is 317 g/mol. The minimum absolute atomic E-state index is 0.166. The zero-order valence-corrected chi connectivity index (χ0v) is 13.4. The van der Waals surface area contributed by atoms with Crippen LogP contribution in [0.2, 0.25) is 0 Å². The van der Waals surface area contributed by atoms with Crippen LogP contribution in [0.15, 0.2) is 35.5 Å². The third-order valence-corrected chi connectivity index (χ3v) is 4.79. The average molecular weight is 317 g/mol. The molecule has 116 valence electrons. The Bertz CT molecular complexity index is 630. The quantitative estimate of drug-likeness (QED) is 0.809. The van der Waals surface area contributed by atoms with E-state index in [4.69, 9.17) is 0 Å². The molecule has 3 rings (SSSR count). The molecule has 1 saturated heterocycles. The largest absolute Gasteiger partial charge is 0.339 e. The second-order valence-corrected chi connectivity index (χ2v) is 6.37. The predicted molar refractivity (Wildman–Crippen MR) is 84.9 cm³/mol. The van der Waals surface area contributed by atoms with Crippen molar-refractivity contribution < 1.29 is 4.79 Å². The van der Waals surface area contributed by atoms with E-state index in [1.54, 1.807) is 4.68 Å². The molecule has 0 bridgehead atoms. The zero-order valence-electron chi connectivity index (χ0n) is 12.6. The summed E-state index contributed by atoms with van der Waals surface area (Å²) < 4.78 is 1.66. The summed E-state index contributed by atoms with van der Waals surface area (Å²) in [6.45, 7) is 2.99. The first-order valence-corrected chi connectivity index (χ1v) is 8.50. The van der Waals surface area contributed by atoms with Crippen molar-refractivity contribution in [2.45, 2.75) is 37.4 Å². The lowest BCUT2D eigenvalue weighted by Crippen LogP contribution is -2.42. The van der Waals surface area contributed by atoms with Gasteiger partial charge in [0.25, 0.3) is 0 Å². The molecule has 7 heteroatoms. The Kier molecular flexibility index (Phi) is 4.72. The number of thioether (sulfide) groups is 1. The number of para-hydroxylation sites is 1. The molecule has 1 aliphatic heterocycles. The smallest absolute Gasteiger partial charge is 0.233 e. The zero-order chi connectivity index (χ0) is 15.4. The number of nitrogens with zero attached hydrogens (tertiary/aromatic N) is 5. The van der Waals surface area contributed by atoms with Gasteiger partial charge < -0.3 is 4.90 Å². The van der Waals surface area contributed by atoms with Crippen molar-refractivity contribution in [3.05, 3.63) is 30.3 Å². The van der Waals surface area contributed by atoms with Gasteiger partial charge in [-0.15, -0.1) is 5.10 Å². The molecule has 0 saturated carbocycles. The fourth-order valence-corrected chi connectivity index (χ4v) is 3.45. The number of amides is 1. The molecule has 6 nitrogen and oxygen atoms in total. The molecule has 1 atom stereocenters. The number of hydrogen-bond acceptors (Lipinski definition) is 5. The molecule has 1 aromatic heterocycles. The van der Waals surface area contributed by atoms with E-state index >= 15 is 0 Å². The van der Waals surface area contributed by atoms with E-state index in [-0.39, 0.29) is 5.91 Å². The first-order chi connectivity index (χ1) is 10.8. The van der Waals surface area contributed by atoms with Gasteiger partial charge in [0.05, 0.1) is 11.4 Å². The van der Waals surface area contributed by atoms with Gasteiger partial charge in [-0.05, 0) is 48.7 Å². The summed E-state index contributed by atoms with van der Waals surface area (Å²) in [5.41, 5.74) is 0.897. The second kappa shape index (κ2) is 6.91. The Morgan fingerprint density at radius 2 is 2.14 bits per heavy atom. The highest BCUT2D eigenvalue weighted by atomic mass is 32.2. The van der Waals surface area contributed by atoms with Crippen molar-refractivity contribution >= 4 is 17.7 Å². The fourth-order valence-electron chi connectivity index (χ4n) is 2.68. The van der Waals surface area contributed by atoms with Gasteiger partial charge in [-0.25, -0.2) is 0 Å². The van der Waals surface area contributed by atoms with Crippen molar-refractivity contribution in [1.82, 2.24) is 25.1 Å². The minimum atomic E-state index is 0.166. The van der Waals surface area contributed by atoms with Crippen molar-refractivity contribution in [3.63, 3.8) is 0 Å². The summed E-state index contributed by atoms with van der Waals surface area (Å²) in [7, 11) is 0. The third-order valence-electron chi connectivity index (χ3n) is 3.89. The highest BCUT2D eigenvalue weighted by molar-refractivity contribution is 7.99. The van der Waals surface area contributed by atoms with Gasteiger partial charge in [0.1, 0.15) is 0 Å². The number of carbonyl (C=O) groups is 1. The van der Waals surface area contributed by atoms with Crippen molar-refractivity contribution in [2.75, 3.05) is 12.3 Å². The Labute approximate surface area is 133 Å². The molecule has 0 N–H and O–H groups in total. The maximum absolute atomic E-state index is 12.4. The van der Waals surface area contributed by atoms with Gasteiger partial charge in [0.2, 0.25) is 11.1 Å². The fraction of sp³-hybridized carbons (Fsp3) is 0.467. The summed E-state index contributed by atoms with van der Waals surface area (Å²) in [6, 6.07) is 10.0. The summed E-state index contributed by atoms with van der Waals surface area (Å²) in [5, 5.41) is 12.4. The molecule has 2 aromatic rings. The lowest BCUT2D eigenvalue weighted by atomic mass is 10.0. The van der Waals surface area contributed by atoms with Gasteiger partial charge in [0, 0.05) is 12.6 Å². The number of carbonyl (C=O) groups excluding carboxylic acids is 1. The average Bonchev–Trinajstić information content (AvgIpc) is 3.02. The van der Waals surface area contributed by atoms with Crippen LogP contribution in [0.4, 0.5) is 0 Å². The number of aromatic nitrogens is 4. The Morgan fingerprint density at radius 3 is 2.91 bits per heavy atom. The Morgan fingerprint density at radius 1 is 1.32 bits per heavy atom. The molecule has 2 heterocycles. The SMILES string of the molecule is C[C@H]1CCCCN1C(=O)CSc1nnnn1-c1ccccc1. The van der Waals surface area contributed by atoms with Gasteiger partial charge >= 0.3 is 0 Å². The van der Waals surface area contributed by atoms with Crippen LogP contribution in [0, 0.1) is 0 Å². The Hall–Kier alpha value is -1.89. The highest BCUT2D eigenvalue weighted by Gasteiger charge is 2.23. The number of benzene rings is 1. The number of rotatable bonds is 4. The maximum atomic E-state index is 12.4. The van der Waals surface area contributed by atoms with Crippen molar-refractivity contribution in [3.8, 4) is 5.69 Å². The van der Waals surface area contributed by atoms with Crippen LogP contribution in [0.3, 0.4) is 0 Å². The van der Waals surface area contributed by atoms with Gasteiger partial charge in [-0.1, -0.05) is 30.0 Å². The molecule has 1 amide bonds. The first kappa shape index (κ1) is 15.0. The topological polar surface area (TPSA) is 63.9 Å². The van der Waals surface area contributed by atoms with Gasteiger partial charge in [-0.2, -0.15) is 4.68 Å². The van der Waals surface area contributed by atoms with E-state index in [0.717, 1.165) is 25.1 Å². The number of piperidine rings is 1. The van der Waals surface area contributed by atoms with Crippen LogP contribution in [0.25, 0.3) is 5.69 Å². The molecular weight excluding hydrogens is 298 g/mol. The maximum Gasteiger partial charge on any atom is 0.233 e. The summed E-state index contributed by atoms with van der Waals surface area (Å²) in [4.78, 5) is 14.4. The first-order valence-electron chi connectivity index (χ1n) is 7.52. The molecule has 1 aromatic carbocycles. The standard InChI is InChI=1S/C15H19N5OS/c1-12-7-5-6-10-19(12)14(21)11-22-15-16-17-18-20(15)13-8-3-2-4-9-13/h2-4,8-9,12H,5-7,10-11H2,1H3/t12-/m0/s1. The predicted octanol–water partition coefficient (Wildman–Crippen LogP) is 2.16. The highest BCUT2D eigenvalue weighted by Crippen LogP contribution is 2.21. The third kappa shape index (κ3) is 3.30. The van der Waals surface area contributed by atoms with E-state index in [2.05, 4.69) is 22.4 Å². The molecule has 0 radical (unpaired) electrons. The van der Waals surface area contributed by atoms with E-state index in [0.29, 0.717) is 17.0 Å². The molecule has 0 aliphatic carbocycles. The normalized spacial score (nSPS) is 18.4. The molecule has 0 spiro atoms. The Balaban J connectivity index is 1.65. The van der Waals surface area contributed by atoms with Crippen LogP contribution in [-0.2, 0) is 4.79 Å². The summed E-state index contributed by atoms with van der Waals surface area (Å²) >= 11 is 1.39. The van der Waals surface area contributed by atoms with E-state index in [1.165, 1.54) is 18.2 Å². The number of hydrogen-bond donors (Lipinski definition) is 0. The van der Waals surface area contributed by atoms with Crippen LogP contribution >= 0.6 is 11.8 Å². The number of tetrazole rings is 1. The van der Waals surface area contributed by atoms with E-state index in [9.17, 15) is 4.79 Å². The second-order valence-electron chi connectivity index (χ2n) is 5.43. The van der Waals surface area contributed by atoms with Gasteiger partial charge in [-0.3, -0.25) is 4.79 Å². The minimum Gasteiger partial charge on any atom is -0.339 e. The van der Waals surface area contributed by atoms with Crippen molar-refractivity contribution in [2.24, 2.45) is 0 Å². The molecule has 22 heavy (non-hydrogen) atoms. The molecular formula is C15H19N5OS. The summed E-state index contributed by atoms with van der Waals surface area (Å²) in [6.07, 6.45) is 3.41. The van der Waals surface area contributed by atoms with Crippen LogP contribution in [0.1, 0.15) is 26.2 Å². The molecule has 1 aliphatic rings. The van der Waals surface area contributed by atoms with Crippen molar-refractivity contribution in [1.29, 1.82) is 0 Å². The van der Waals surface area contributed by atoms with Crippen LogP contribution < -0.4 is 0 Å².